The monoisotopic (exact) mass is 227 g/mol. The zero-order valence-corrected chi connectivity index (χ0v) is 10.6. The van der Waals surface area contributed by atoms with Gasteiger partial charge < -0.3 is 16.0 Å². The van der Waals surface area contributed by atoms with Crippen LogP contribution in [0.5, 0.6) is 0 Å². The van der Waals surface area contributed by atoms with Gasteiger partial charge in [-0.2, -0.15) is 0 Å². The molecule has 1 saturated heterocycles. The highest BCUT2D eigenvalue weighted by Gasteiger charge is 2.49. The Morgan fingerprint density at radius 3 is 2.31 bits per heavy atom. The first-order valence-electron chi connectivity index (χ1n) is 5.59. The van der Waals surface area contributed by atoms with Crippen molar-refractivity contribution in [3.8, 4) is 0 Å². The van der Waals surface area contributed by atoms with E-state index in [2.05, 4.69) is 5.32 Å². The van der Waals surface area contributed by atoms with E-state index in [-0.39, 0.29) is 17.7 Å². The van der Waals surface area contributed by atoms with Gasteiger partial charge in [0.15, 0.2) is 0 Å². The Morgan fingerprint density at radius 1 is 1.44 bits per heavy atom. The third-order valence-corrected chi connectivity index (χ3v) is 2.84. The van der Waals surface area contributed by atoms with Crippen molar-refractivity contribution in [2.75, 3.05) is 0 Å². The lowest BCUT2D eigenvalue weighted by molar-refractivity contribution is -0.140. The van der Waals surface area contributed by atoms with Crippen molar-refractivity contribution in [2.45, 2.75) is 52.4 Å². The minimum atomic E-state index is -0.656. The van der Waals surface area contributed by atoms with Crippen molar-refractivity contribution in [3.05, 3.63) is 0 Å². The predicted octanol–water partition coefficient (Wildman–Crippen LogP) is 0.0527. The summed E-state index contributed by atoms with van der Waals surface area (Å²) in [4.78, 5) is 25.4. The third-order valence-electron chi connectivity index (χ3n) is 2.84. The lowest BCUT2D eigenvalue weighted by Crippen LogP contribution is -2.56. The standard InChI is InChI=1S/C11H21N3O2/c1-6(2)8-9(15)13-11(4,5)14(8)10(16)7(3)12/h6-8H,12H2,1-5H3,(H,13,15). The summed E-state index contributed by atoms with van der Waals surface area (Å²) in [7, 11) is 0. The molecule has 0 aromatic heterocycles. The molecule has 0 spiro atoms. The van der Waals surface area contributed by atoms with Gasteiger partial charge in [0.1, 0.15) is 11.7 Å². The van der Waals surface area contributed by atoms with Crippen LogP contribution in [0.2, 0.25) is 0 Å². The van der Waals surface area contributed by atoms with Gasteiger partial charge in [-0.25, -0.2) is 0 Å². The minimum absolute atomic E-state index is 0.0736. The molecule has 1 aliphatic heterocycles. The molecular weight excluding hydrogens is 206 g/mol. The maximum atomic E-state index is 12.0. The lowest BCUT2D eigenvalue weighted by Gasteiger charge is -2.36. The Bertz CT molecular complexity index is 310. The van der Waals surface area contributed by atoms with Crippen LogP contribution in [0.25, 0.3) is 0 Å². The summed E-state index contributed by atoms with van der Waals surface area (Å²) in [6.07, 6.45) is 0. The fourth-order valence-electron chi connectivity index (χ4n) is 2.13. The number of nitrogens with one attached hydrogen (secondary N) is 1. The van der Waals surface area contributed by atoms with Gasteiger partial charge in [0.05, 0.1) is 6.04 Å². The summed E-state index contributed by atoms with van der Waals surface area (Å²) in [5.74, 6) is -0.222. The minimum Gasteiger partial charge on any atom is -0.332 e. The highest BCUT2D eigenvalue weighted by atomic mass is 16.2. The van der Waals surface area contributed by atoms with Crippen molar-refractivity contribution in [1.29, 1.82) is 0 Å². The molecular formula is C11H21N3O2. The molecule has 92 valence electrons. The molecule has 3 N–H and O–H groups in total. The van der Waals surface area contributed by atoms with Crippen LogP contribution in [0.4, 0.5) is 0 Å². The quantitative estimate of drug-likeness (QED) is 0.700. The van der Waals surface area contributed by atoms with Crippen molar-refractivity contribution >= 4 is 11.8 Å². The first-order chi connectivity index (χ1) is 7.18. The average molecular weight is 227 g/mol. The van der Waals surface area contributed by atoms with Crippen molar-refractivity contribution in [1.82, 2.24) is 10.2 Å². The molecule has 1 fully saturated rings. The molecule has 1 rings (SSSR count). The molecule has 0 aromatic carbocycles. The molecule has 2 atom stereocenters. The summed E-state index contributed by atoms with van der Waals surface area (Å²) >= 11 is 0. The fourth-order valence-corrected chi connectivity index (χ4v) is 2.13. The summed E-state index contributed by atoms with van der Waals surface area (Å²) in [5, 5.41) is 2.82. The number of carbonyl (C=O) groups is 2. The van der Waals surface area contributed by atoms with E-state index in [9.17, 15) is 9.59 Å². The van der Waals surface area contributed by atoms with Gasteiger partial charge in [-0.15, -0.1) is 0 Å². The maximum Gasteiger partial charge on any atom is 0.244 e. The number of amides is 2. The van der Waals surface area contributed by atoms with E-state index in [1.54, 1.807) is 11.8 Å². The molecule has 5 heteroatoms. The van der Waals surface area contributed by atoms with Crippen LogP contribution in [0, 0.1) is 5.92 Å². The second-order valence-electron chi connectivity index (χ2n) is 5.23. The van der Waals surface area contributed by atoms with Gasteiger partial charge in [0.25, 0.3) is 0 Å². The zero-order chi connectivity index (χ0) is 12.7. The lowest BCUT2D eigenvalue weighted by atomic mass is 10.0. The zero-order valence-electron chi connectivity index (χ0n) is 10.6. The van der Waals surface area contributed by atoms with E-state index < -0.39 is 17.7 Å². The van der Waals surface area contributed by atoms with E-state index in [4.69, 9.17) is 5.73 Å². The molecule has 0 aliphatic carbocycles. The van der Waals surface area contributed by atoms with Gasteiger partial charge in [0.2, 0.25) is 11.8 Å². The molecule has 1 heterocycles. The maximum absolute atomic E-state index is 12.0. The molecule has 16 heavy (non-hydrogen) atoms. The van der Waals surface area contributed by atoms with Crippen LogP contribution in [0.15, 0.2) is 0 Å². The van der Waals surface area contributed by atoms with Crippen LogP contribution in [-0.4, -0.2) is 34.5 Å². The highest BCUT2D eigenvalue weighted by Crippen LogP contribution is 2.27. The second-order valence-corrected chi connectivity index (χ2v) is 5.23. The van der Waals surface area contributed by atoms with Gasteiger partial charge in [-0.1, -0.05) is 13.8 Å². The van der Waals surface area contributed by atoms with Gasteiger partial charge in [-0.05, 0) is 26.7 Å². The summed E-state index contributed by atoms with van der Waals surface area (Å²) in [5.41, 5.74) is 4.96. The van der Waals surface area contributed by atoms with Crippen LogP contribution in [-0.2, 0) is 9.59 Å². The molecule has 2 unspecified atom stereocenters. The molecule has 0 radical (unpaired) electrons. The topological polar surface area (TPSA) is 75.4 Å². The number of nitrogens with zero attached hydrogens (tertiary/aromatic N) is 1. The van der Waals surface area contributed by atoms with Gasteiger partial charge in [0, 0.05) is 0 Å². The Hall–Kier alpha value is -1.10. The summed E-state index contributed by atoms with van der Waals surface area (Å²) < 4.78 is 0. The van der Waals surface area contributed by atoms with Crippen LogP contribution in [0.3, 0.4) is 0 Å². The normalized spacial score (nSPS) is 25.8. The smallest absolute Gasteiger partial charge is 0.244 e. The number of hydrogen-bond donors (Lipinski definition) is 2. The van der Waals surface area contributed by atoms with Gasteiger partial charge >= 0.3 is 0 Å². The SMILES string of the molecule is CC(N)C(=O)N1C(C(C)C)C(=O)NC1(C)C. The average Bonchev–Trinajstić information content (AvgIpc) is 2.33. The number of hydrogen-bond acceptors (Lipinski definition) is 3. The molecule has 2 amide bonds. The number of rotatable bonds is 2. The van der Waals surface area contributed by atoms with Crippen LogP contribution >= 0.6 is 0 Å². The third kappa shape index (κ3) is 2.04. The molecule has 5 nitrogen and oxygen atoms in total. The van der Waals surface area contributed by atoms with E-state index in [0.29, 0.717) is 0 Å². The predicted molar refractivity (Wildman–Crippen MR) is 61.3 cm³/mol. The van der Waals surface area contributed by atoms with Gasteiger partial charge in [-0.3, -0.25) is 9.59 Å². The molecule has 0 aromatic rings. The Morgan fingerprint density at radius 2 is 1.94 bits per heavy atom. The Labute approximate surface area is 96.4 Å². The summed E-state index contributed by atoms with van der Waals surface area (Å²) in [6, 6.07) is -1.01. The largest absolute Gasteiger partial charge is 0.332 e. The van der Waals surface area contributed by atoms with Crippen LogP contribution in [0.1, 0.15) is 34.6 Å². The second kappa shape index (κ2) is 4.05. The molecule has 0 saturated carbocycles. The van der Waals surface area contributed by atoms with E-state index in [1.807, 2.05) is 27.7 Å². The Balaban J connectivity index is 3.09. The van der Waals surface area contributed by atoms with E-state index in [0.717, 1.165) is 0 Å². The Kier molecular flexibility index (Phi) is 3.28. The van der Waals surface area contributed by atoms with Crippen molar-refractivity contribution < 1.29 is 9.59 Å². The fraction of sp³-hybridized carbons (Fsp3) is 0.818. The van der Waals surface area contributed by atoms with Crippen molar-refractivity contribution in [3.63, 3.8) is 0 Å². The first-order valence-corrected chi connectivity index (χ1v) is 5.59. The van der Waals surface area contributed by atoms with E-state index in [1.165, 1.54) is 0 Å². The highest BCUT2D eigenvalue weighted by molar-refractivity contribution is 5.93. The van der Waals surface area contributed by atoms with Crippen LogP contribution < -0.4 is 11.1 Å². The number of nitrogens with two attached hydrogens (primary N) is 1. The van der Waals surface area contributed by atoms with E-state index >= 15 is 0 Å². The summed E-state index contributed by atoms with van der Waals surface area (Å²) in [6.45, 7) is 9.11. The molecule has 0 bridgehead atoms. The first kappa shape index (κ1) is 13.0. The number of carbonyl (C=O) groups excluding carboxylic acids is 2. The molecule has 1 aliphatic rings. The van der Waals surface area contributed by atoms with Crippen molar-refractivity contribution in [2.24, 2.45) is 11.7 Å².